The van der Waals surface area contributed by atoms with Crippen LogP contribution in [0.25, 0.3) is 0 Å². The Morgan fingerprint density at radius 2 is 1.94 bits per heavy atom. The second-order valence-corrected chi connectivity index (χ2v) is 4.19. The van der Waals surface area contributed by atoms with E-state index in [0.717, 1.165) is 18.5 Å². The Morgan fingerprint density at radius 1 is 1.29 bits per heavy atom. The van der Waals surface area contributed by atoms with Gasteiger partial charge in [0.15, 0.2) is 0 Å². The maximum atomic E-state index is 12.3. The predicted molar refractivity (Wildman–Crippen MR) is 73.0 cm³/mol. The molecule has 0 spiro atoms. The minimum Gasteiger partial charge on any atom is -0.399 e. The molecule has 0 fully saturated rings. The van der Waals surface area contributed by atoms with Crippen molar-refractivity contribution in [3.05, 3.63) is 24.3 Å². The molecule has 0 saturated heterocycles. The number of carbonyl (C=O) groups is 1. The van der Waals surface area contributed by atoms with Crippen molar-refractivity contribution in [3.8, 4) is 0 Å². The van der Waals surface area contributed by atoms with Gasteiger partial charge in [-0.15, -0.1) is 0 Å². The van der Waals surface area contributed by atoms with Crippen LogP contribution in [0.4, 0.5) is 11.4 Å². The van der Waals surface area contributed by atoms with E-state index in [4.69, 9.17) is 5.73 Å². The molecule has 0 aliphatic carbocycles. The molecule has 17 heavy (non-hydrogen) atoms. The Morgan fingerprint density at radius 3 is 2.41 bits per heavy atom. The number of hydrogen-bond donors (Lipinski definition) is 1. The molecule has 1 rings (SSSR count). The molecule has 0 aliphatic rings. The molecule has 1 amide bonds. The number of rotatable bonds is 5. The third-order valence-electron chi connectivity index (χ3n) is 3.10. The van der Waals surface area contributed by atoms with Crippen molar-refractivity contribution in [2.75, 3.05) is 17.2 Å². The van der Waals surface area contributed by atoms with E-state index in [1.165, 1.54) is 0 Å². The van der Waals surface area contributed by atoms with Gasteiger partial charge in [-0.3, -0.25) is 4.79 Å². The number of carbonyl (C=O) groups excluding carboxylic acids is 1. The van der Waals surface area contributed by atoms with Crippen LogP contribution in [0.2, 0.25) is 0 Å². The maximum absolute atomic E-state index is 12.3. The number of nitrogens with two attached hydrogens (primary N) is 1. The van der Waals surface area contributed by atoms with Crippen LogP contribution in [-0.2, 0) is 4.79 Å². The highest BCUT2D eigenvalue weighted by molar-refractivity contribution is 5.95. The highest BCUT2D eigenvalue weighted by Gasteiger charge is 2.21. The average Bonchev–Trinajstić information content (AvgIpc) is 2.31. The SMILES string of the molecule is CCC(CC)C(=O)N(CC)c1cccc(N)c1. The molecule has 0 heterocycles. The van der Waals surface area contributed by atoms with E-state index >= 15 is 0 Å². The first-order chi connectivity index (χ1) is 8.13. The molecule has 0 aromatic heterocycles. The minimum absolute atomic E-state index is 0.108. The molecule has 0 saturated carbocycles. The van der Waals surface area contributed by atoms with Gasteiger partial charge in [0.1, 0.15) is 0 Å². The fourth-order valence-electron chi connectivity index (χ4n) is 2.02. The van der Waals surface area contributed by atoms with Crippen molar-refractivity contribution in [3.63, 3.8) is 0 Å². The molecule has 0 radical (unpaired) electrons. The van der Waals surface area contributed by atoms with Gasteiger partial charge in [-0.05, 0) is 38.0 Å². The largest absolute Gasteiger partial charge is 0.399 e. The summed E-state index contributed by atoms with van der Waals surface area (Å²) in [5.41, 5.74) is 7.34. The summed E-state index contributed by atoms with van der Waals surface area (Å²) in [5, 5.41) is 0. The molecule has 3 nitrogen and oxygen atoms in total. The van der Waals surface area contributed by atoms with Crippen LogP contribution in [0.15, 0.2) is 24.3 Å². The standard InChI is InChI=1S/C14H22N2O/c1-4-11(5-2)14(17)16(6-3)13-9-7-8-12(15)10-13/h7-11H,4-6,15H2,1-3H3. The summed E-state index contributed by atoms with van der Waals surface area (Å²) >= 11 is 0. The number of nitrogen functional groups attached to an aromatic ring is 1. The molecule has 94 valence electrons. The Hall–Kier alpha value is -1.51. The molecule has 0 unspecified atom stereocenters. The molecule has 1 aromatic carbocycles. The molecule has 0 aliphatic heterocycles. The van der Waals surface area contributed by atoms with Gasteiger partial charge in [0.2, 0.25) is 5.91 Å². The Bertz CT molecular complexity index is 372. The van der Waals surface area contributed by atoms with Gasteiger partial charge in [0, 0.05) is 23.8 Å². The predicted octanol–water partition coefficient (Wildman–Crippen LogP) is 3.06. The number of nitrogens with zero attached hydrogens (tertiary/aromatic N) is 1. The van der Waals surface area contributed by atoms with Crippen LogP contribution in [0.5, 0.6) is 0 Å². The first-order valence-corrected chi connectivity index (χ1v) is 6.30. The second-order valence-electron chi connectivity index (χ2n) is 4.19. The quantitative estimate of drug-likeness (QED) is 0.796. The summed E-state index contributed by atoms with van der Waals surface area (Å²) < 4.78 is 0. The van der Waals surface area contributed by atoms with E-state index in [0.29, 0.717) is 12.2 Å². The third kappa shape index (κ3) is 3.22. The van der Waals surface area contributed by atoms with E-state index in [-0.39, 0.29) is 11.8 Å². The zero-order valence-electron chi connectivity index (χ0n) is 10.9. The van der Waals surface area contributed by atoms with Gasteiger partial charge in [0.25, 0.3) is 0 Å². The molecular formula is C14H22N2O. The first-order valence-electron chi connectivity index (χ1n) is 6.30. The Labute approximate surface area is 104 Å². The summed E-state index contributed by atoms with van der Waals surface area (Å²) in [6, 6.07) is 7.50. The van der Waals surface area contributed by atoms with Crippen LogP contribution in [0.1, 0.15) is 33.6 Å². The van der Waals surface area contributed by atoms with Gasteiger partial charge < -0.3 is 10.6 Å². The molecule has 0 atom stereocenters. The van der Waals surface area contributed by atoms with E-state index < -0.39 is 0 Å². The smallest absolute Gasteiger partial charge is 0.230 e. The summed E-state index contributed by atoms with van der Waals surface area (Å²) in [6.45, 7) is 6.78. The van der Waals surface area contributed by atoms with Crippen LogP contribution < -0.4 is 10.6 Å². The van der Waals surface area contributed by atoms with E-state index in [1.54, 1.807) is 0 Å². The third-order valence-corrected chi connectivity index (χ3v) is 3.10. The highest BCUT2D eigenvalue weighted by atomic mass is 16.2. The van der Waals surface area contributed by atoms with Crippen LogP contribution in [0, 0.1) is 5.92 Å². The van der Waals surface area contributed by atoms with E-state index in [9.17, 15) is 4.79 Å². The lowest BCUT2D eigenvalue weighted by Crippen LogP contribution is -2.35. The van der Waals surface area contributed by atoms with Crippen molar-refractivity contribution >= 4 is 17.3 Å². The number of anilines is 2. The molecule has 0 bridgehead atoms. The monoisotopic (exact) mass is 234 g/mol. The Kier molecular flexibility index (Phi) is 5.01. The summed E-state index contributed by atoms with van der Waals surface area (Å²) in [5.74, 6) is 0.305. The van der Waals surface area contributed by atoms with Crippen molar-refractivity contribution in [2.45, 2.75) is 33.6 Å². The van der Waals surface area contributed by atoms with E-state index in [2.05, 4.69) is 13.8 Å². The summed E-state index contributed by atoms with van der Waals surface area (Å²) in [6.07, 6.45) is 1.77. The number of amides is 1. The molecular weight excluding hydrogens is 212 g/mol. The van der Waals surface area contributed by atoms with Crippen LogP contribution in [-0.4, -0.2) is 12.5 Å². The summed E-state index contributed by atoms with van der Waals surface area (Å²) in [4.78, 5) is 14.1. The van der Waals surface area contributed by atoms with Gasteiger partial charge >= 0.3 is 0 Å². The van der Waals surface area contributed by atoms with Gasteiger partial charge in [0.05, 0.1) is 0 Å². The van der Waals surface area contributed by atoms with Crippen molar-refractivity contribution < 1.29 is 4.79 Å². The van der Waals surface area contributed by atoms with Crippen molar-refractivity contribution in [1.82, 2.24) is 0 Å². The van der Waals surface area contributed by atoms with Gasteiger partial charge in [-0.2, -0.15) is 0 Å². The summed E-state index contributed by atoms with van der Waals surface area (Å²) in [7, 11) is 0. The molecule has 2 N–H and O–H groups in total. The Balaban J connectivity index is 2.95. The van der Waals surface area contributed by atoms with Crippen LogP contribution >= 0.6 is 0 Å². The first kappa shape index (κ1) is 13.6. The lowest BCUT2D eigenvalue weighted by Gasteiger charge is -2.25. The maximum Gasteiger partial charge on any atom is 0.230 e. The fourth-order valence-corrected chi connectivity index (χ4v) is 2.02. The second kappa shape index (κ2) is 6.28. The zero-order chi connectivity index (χ0) is 12.8. The average molecular weight is 234 g/mol. The fraction of sp³-hybridized carbons (Fsp3) is 0.500. The zero-order valence-corrected chi connectivity index (χ0v) is 10.9. The van der Waals surface area contributed by atoms with Gasteiger partial charge in [-0.1, -0.05) is 19.9 Å². The lowest BCUT2D eigenvalue weighted by molar-refractivity contribution is -0.122. The topological polar surface area (TPSA) is 46.3 Å². The normalized spacial score (nSPS) is 10.6. The van der Waals surface area contributed by atoms with Crippen molar-refractivity contribution in [1.29, 1.82) is 0 Å². The molecule has 1 aromatic rings. The van der Waals surface area contributed by atoms with Gasteiger partial charge in [-0.25, -0.2) is 0 Å². The number of hydrogen-bond acceptors (Lipinski definition) is 2. The van der Waals surface area contributed by atoms with E-state index in [1.807, 2.05) is 36.1 Å². The minimum atomic E-state index is 0.108. The number of benzene rings is 1. The molecule has 3 heteroatoms. The van der Waals surface area contributed by atoms with Crippen LogP contribution in [0.3, 0.4) is 0 Å². The highest BCUT2D eigenvalue weighted by Crippen LogP contribution is 2.21. The van der Waals surface area contributed by atoms with Crippen molar-refractivity contribution in [2.24, 2.45) is 5.92 Å². The lowest BCUT2D eigenvalue weighted by atomic mass is 10.0.